The number of nitrogens with one attached hydrogen (secondary N) is 1. The van der Waals surface area contributed by atoms with E-state index in [4.69, 9.17) is 10.2 Å². The summed E-state index contributed by atoms with van der Waals surface area (Å²) in [4.78, 5) is 36.9. The fourth-order valence-electron chi connectivity index (χ4n) is 1.30. The lowest BCUT2D eigenvalue weighted by Crippen LogP contribution is -2.41. The Bertz CT molecular complexity index is 506. The van der Waals surface area contributed by atoms with Gasteiger partial charge in [-0.3, -0.25) is 14.6 Å². The number of rotatable bonds is 6. The number of carbonyl (C=O) groups excluding carboxylic acids is 1. The predicted octanol–water partition coefficient (Wildman–Crippen LogP) is 0.892. The van der Waals surface area contributed by atoms with Gasteiger partial charge in [-0.25, -0.2) is 4.79 Å². The van der Waals surface area contributed by atoms with Gasteiger partial charge in [0.1, 0.15) is 6.04 Å². The fraction of sp³-hybridized carbons (Fsp3) is 0.273. The Hall–Kier alpha value is -1.96. The Morgan fingerprint density at radius 3 is 2.53 bits per heavy atom. The van der Waals surface area contributed by atoms with E-state index in [2.05, 4.69) is 26.2 Å². The maximum absolute atomic E-state index is 11.8. The van der Waals surface area contributed by atoms with Crippen molar-refractivity contribution in [2.75, 3.05) is 0 Å². The highest BCUT2D eigenvalue weighted by atomic mass is 79.9. The lowest BCUT2D eigenvalue weighted by molar-refractivity contribution is -0.140. The van der Waals surface area contributed by atoms with Crippen LogP contribution in [0, 0.1) is 0 Å². The molecule has 8 heteroatoms. The van der Waals surface area contributed by atoms with E-state index in [-0.39, 0.29) is 18.4 Å². The van der Waals surface area contributed by atoms with Gasteiger partial charge in [-0.15, -0.1) is 0 Å². The molecule has 1 aromatic rings. The van der Waals surface area contributed by atoms with Crippen LogP contribution in [0.25, 0.3) is 0 Å². The summed E-state index contributed by atoms with van der Waals surface area (Å²) in [6, 6.07) is 0.237. The second-order valence-electron chi connectivity index (χ2n) is 3.69. The molecule has 0 saturated heterocycles. The summed E-state index contributed by atoms with van der Waals surface area (Å²) >= 11 is 3.14. The van der Waals surface area contributed by atoms with E-state index in [0.717, 1.165) is 0 Å². The Kier molecular flexibility index (Phi) is 5.43. The molecule has 0 aliphatic heterocycles. The highest BCUT2D eigenvalue weighted by Gasteiger charge is 2.21. The van der Waals surface area contributed by atoms with Gasteiger partial charge < -0.3 is 15.5 Å². The molecule has 1 unspecified atom stereocenters. The minimum atomic E-state index is -1.28. The highest BCUT2D eigenvalue weighted by Crippen LogP contribution is 2.10. The van der Waals surface area contributed by atoms with Crippen molar-refractivity contribution in [3.8, 4) is 0 Å². The van der Waals surface area contributed by atoms with Crippen LogP contribution in [0.3, 0.4) is 0 Å². The zero-order chi connectivity index (χ0) is 14.4. The molecular formula is C11H11BrN2O5. The first-order chi connectivity index (χ1) is 8.90. The molecule has 1 rings (SSSR count). The van der Waals surface area contributed by atoms with Gasteiger partial charge in [-0.2, -0.15) is 0 Å². The monoisotopic (exact) mass is 330 g/mol. The number of carbonyl (C=O) groups is 3. The standard InChI is InChI=1S/C11H11BrN2O5/c12-7-3-6(4-13-5-7)10(17)14-8(11(18)19)1-2-9(15)16/h3-5,8H,1-2H2,(H,14,17)(H,15,16)(H,18,19). The first-order valence-electron chi connectivity index (χ1n) is 5.26. The summed E-state index contributed by atoms with van der Waals surface area (Å²) in [5.74, 6) is -3.02. The number of halogens is 1. The average molecular weight is 331 g/mol. The van der Waals surface area contributed by atoms with Crippen LogP contribution in [0.2, 0.25) is 0 Å². The summed E-state index contributed by atoms with van der Waals surface area (Å²) in [6.45, 7) is 0. The molecule has 0 fully saturated rings. The minimum absolute atomic E-state index is 0.183. The van der Waals surface area contributed by atoms with E-state index in [1.807, 2.05) is 0 Å². The second-order valence-corrected chi connectivity index (χ2v) is 4.60. The maximum Gasteiger partial charge on any atom is 0.326 e. The summed E-state index contributed by atoms with van der Waals surface area (Å²) in [5, 5.41) is 19.7. The van der Waals surface area contributed by atoms with Gasteiger partial charge in [0.15, 0.2) is 0 Å². The minimum Gasteiger partial charge on any atom is -0.481 e. The summed E-state index contributed by atoms with van der Waals surface area (Å²) in [6.07, 6.45) is 2.25. The molecule has 3 N–H and O–H groups in total. The van der Waals surface area contributed by atoms with Crippen molar-refractivity contribution >= 4 is 33.8 Å². The van der Waals surface area contributed by atoms with Crippen LogP contribution in [0.5, 0.6) is 0 Å². The van der Waals surface area contributed by atoms with E-state index < -0.39 is 23.9 Å². The zero-order valence-corrected chi connectivity index (χ0v) is 11.3. The number of carboxylic acid groups (broad SMARTS) is 2. The van der Waals surface area contributed by atoms with Crippen LogP contribution in [-0.2, 0) is 9.59 Å². The molecule has 0 saturated carbocycles. The van der Waals surface area contributed by atoms with Crippen molar-refractivity contribution in [2.24, 2.45) is 0 Å². The molecule has 0 aliphatic rings. The van der Waals surface area contributed by atoms with E-state index in [1.165, 1.54) is 18.5 Å². The number of hydrogen-bond acceptors (Lipinski definition) is 4. The fourth-order valence-corrected chi connectivity index (χ4v) is 1.67. The molecule has 102 valence electrons. The average Bonchev–Trinajstić information content (AvgIpc) is 2.33. The second kappa shape index (κ2) is 6.83. The Morgan fingerprint density at radius 1 is 1.32 bits per heavy atom. The first kappa shape index (κ1) is 15.1. The molecule has 1 aromatic heterocycles. The number of aliphatic carboxylic acids is 2. The van der Waals surface area contributed by atoms with E-state index in [1.54, 1.807) is 0 Å². The summed E-state index contributed by atoms with van der Waals surface area (Å²) in [7, 11) is 0. The molecule has 0 spiro atoms. The lowest BCUT2D eigenvalue weighted by atomic mass is 10.1. The van der Waals surface area contributed by atoms with Crippen LogP contribution < -0.4 is 5.32 Å². The Balaban J connectivity index is 2.71. The predicted molar refractivity (Wildman–Crippen MR) is 67.7 cm³/mol. The molecule has 19 heavy (non-hydrogen) atoms. The molecule has 1 heterocycles. The molecule has 0 radical (unpaired) electrons. The molecule has 0 aliphatic carbocycles. The van der Waals surface area contributed by atoms with Crippen molar-refractivity contribution in [1.82, 2.24) is 10.3 Å². The van der Waals surface area contributed by atoms with Gasteiger partial charge in [0.05, 0.1) is 5.56 Å². The highest BCUT2D eigenvalue weighted by molar-refractivity contribution is 9.10. The molecule has 1 atom stereocenters. The first-order valence-corrected chi connectivity index (χ1v) is 6.05. The van der Waals surface area contributed by atoms with Crippen molar-refractivity contribution < 1.29 is 24.6 Å². The van der Waals surface area contributed by atoms with Crippen LogP contribution in [0.1, 0.15) is 23.2 Å². The third kappa shape index (κ3) is 5.04. The van der Waals surface area contributed by atoms with Crippen LogP contribution in [-0.4, -0.2) is 39.1 Å². The smallest absolute Gasteiger partial charge is 0.326 e. The van der Waals surface area contributed by atoms with Crippen molar-refractivity contribution in [3.63, 3.8) is 0 Å². The van der Waals surface area contributed by atoms with Gasteiger partial charge in [0.2, 0.25) is 0 Å². The molecule has 0 aromatic carbocycles. The van der Waals surface area contributed by atoms with E-state index >= 15 is 0 Å². The number of pyridine rings is 1. The quantitative estimate of drug-likeness (QED) is 0.713. The maximum atomic E-state index is 11.8. The van der Waals surface area contributed by atoms with Crippen molar-refractivity contribution in [2.45, 2.75) is 18.9 Å². The van der Waals surface area contributed by atoms with Crippen LogP contribution in [0.4, 0.5) is 0 Å². The lowest BCUT2D eigenvalue weighted by Gasteiger charge is -2.13. The van der Waals surface area contributed by atoms with Crippen molar-refractivity contribution in [1.29, 1.82) is 0 Å². The molecule has 0 bridgehead atoms. The van der Waals surface area contributed by atoms with Crippen LogP contribution >= 0.6 is 15.9 Å². The van der Waals surface area contributed by atoms with Gasteiger partial charge in [-0.1, -0.05) is 0 Å². The number of hydrogen-bond donors (Lipinski definition) is 3. The number of carboxylic acids is 2. The Morgan fingerprint density at radius 2 is 2.00 bits per heavy atom. The molecule has 1 amide bonds. The Labute approximate surface area is 116 Å². The number of nitrogens with zero attached hydrogens (tertiary/aromatic N) is 1. The van der Waals surface area contributed by atoms with Gasteiger partial charge >= 0.3 is 11.9 Å². The van der Waals surface area contributed by atoms with Crippen LogP contribution in [0.15, 0.2) is 22.9 Å². The van der Waals surface area contributed by atoms with Crippen molar-refractivity contribution in [3.05, 3.63) is 28.5 Å². The third-order valence-electron chi connectivity index (χ3n) is 2.22. The topological polar surface area (TPSA) is 117 Å². The summed E-state index contributed by atoms with van der Waals surface area (Å²) < 4.78 is 0.581. The largest absolute Gasteiger partial charge is 0.481 e. The number of amides is 1. The zero-order valence-electron chi connectivity index (χ0n) is 9.67. The van der Waals surface area contributed by atoms with E-state index in [9.17, 15) is 14.4 Å². The van der Waals surface area contributed by atoms with Gasteiger partial charge in [0.25, 0.3) is 5.91 Å². The summed E-state index contributed by atoms with van der Waals surface area (Å²) in [5.41, 5.74) is 0.191. The van der Waals surface area contributed by atoms with E-state index in [0.29, 0.717) is 4.47 Å². The molecular weight excluding hydrogens is 320 g/mol. The normalized spacial score (nSPS) is 11.6. The SMILES string of the molecule is O=C(O)CCC(NC(=O)c1cncc(Br)c1)C(=O)O. The molecule has 7 nitrogen and oxygen atoms in total. The van der Waals surface area contributed by atoms with Gasteiger partial charge in [0, 0.05) is 23.3 Å². The van der Waals surface area contributed by atoms with Gasteiger partial charge in [-0.05, 0) is 28.4 Å². The third-order valence-corrected chi connectivity index (χ3v) is 2.65. The number of aromatic nitrogens is 1.